The second kappa shape index (κ2) is 45.8. The van der Waals surface area contributed by atoms with E-state index in [1.165, 1.54) is 74.6 Å². The van der Waals surface area contributed by atoms with Gasteiger partial charge in [-0.25, -0.2) is 24.0 Å². The highest BCUT2D eigenvalue weighted by Gasteiger charge is 2.40. The SMILES string of the molecule is C/C=C(\C)[C@H]1OC(=O)[C@@H](C)NC(=O)[C@H](C(C)CC)NC(=O)CN(C)C(=O)[C@@H](Cc2ccccc2)N(C)C(=O)[C@H](C)NC(=O)[C@@H](CC(C)C)OC(=O)/C(C)=C/C[C@H](OC(=O)N(C)CCN(C)C(=O)OCc2ccc(NC(=O)[C@@H](CCCNC(N)=O)CC(=O)[C@H](NC(=O)CCCCCN3C(=O)CC(C)C3=O)C(C)C)cc2)[C@@H]1C. The molecule has 2 aromatic rings. The van der Waals surface area contributed by atoms with Crippen LogP contribution >= 0.6 is 0 Å². The zero-order valence-electron chi connectivity index (χ0n) is 67.7. The molecule has 12 atom stereocenters. The van der Waals surface area contributed by atoms with E-state index >= 15 is 0 Å². The highest BCUT2D eigenvalue weighted by Crippen LogP contribution is 2.28. The second-order valence-corrected chi connectivity index (χ2v) is 30.0. The summed E-state index contributed by atoms with van der Waals surface area (Å²) in [6.45, 7) is 21.3. The fraction of sp³-hybridized carbons (Fsp3) is 0.613. The summed E-state index contributed by atoms with van der Waals surface area (Å²) >= 11 is 0. The molecular formula is C80H120N12O19. The van der Waals surface area contributed by atoms with Gasteiger partial charge in [-0.05, 0) is 113 Å². The van der Waals surface area contributed by atoms with E-state index < -0.39 is 138 Å². The number of rotatable bonds is 30. The van der Waals surface area contributed by atoms with E-state index in [1.807, 2.05) is 20.8 Å². The van der Waals surface area contributed by atoms with E-state index in [1.54, 1.807) is 109 Å². The van der Waals surface area contributed by atoms with Crippen molar-refractivity contribution in [3.8, 4) is 0 Å². The van der Waals surface area contributed by atoms with Crippen LogP contribution < -0.4 is 37.6 Å². The fourth-order valence-electron chi connectivity index (χ4n) is 12.5. The number of ether oxygens (including phenoxy) is 4. The van der Waals surface area contributed by atoms with Gasteiger partial charge >= 0.3 is 30.2 Å². The Kier molecular flexibility index (Phi) is 38.4. The first-order valence-corrected chi connectivity index (χ1v) is 38.3. The molecule has 111 heavy (non-hydrogen) atoms. The van der Waals surface area contributed by atoms with Crippen LogP contribution in [0.4, 0.5) is 20.1 Å². The van der Waals surface area contributed by atoms with Crippen molar-refractivity contribution in [2.45, 2.75) is 222 Å². The number of allylic oxidation sites excluding steroid dienone is 1. The van der Waals surface area contributed by atoms with Gasteiger partial charge < -0.3 is 76.2 Å². The standard InChI is InChI=1S/C80H120N12O19/c1-18-49(7)68-72(99)84-55(13)77(104)111-69(50(8)19-2)53(11)62(36-31-51(9)76(103)109-63(41-47(3)4)71(98)83-54(12)74(101)91(17)60(43-56-27-22-20-23-28-56)75(102)90(16)45-65(95)87-68)110-80(107)89(15)40-39-88(14)79(106)108-46-57-32-34-59(35-33-57)85-70(97)58(29-26-37-82-78(81)105)44-61(93)67(48(5)6)86-64(94)30-24-21-25-38-92-66(96)42-52(10)73(92)100/h19-20,22-23,27-28,31-35,47-49,52-55,58,60,62-63,67-69H,18,21,24-26,29-30,36-46H2,1-17H3,(H,83,98)(H,84,99)(H,85,97)(H,86,94)(H,87,95)(H3,81,82,105)/b50-19+,51-31+/t49?,52?,53-,54-,55+,58-,60+,62-,63+,67+,68-,69+/m0/s1. The van der Waals surface area contributed by atoms with Crippen molar-refractivity contribution < 1.29 is 90.9 Å². The maximum absolute atomic E-state index is 14.4. The zero-order valence-corrected chi connectivity index (χ0v) is 67.7. The molecule has 2 aliphatic rings. The molecular weight excluding hydrogens is 1430 g/mol. The molecule has 31 nitrogen and oxygen atoms in total. The molecule has 0 bridgehead atoms. The van der Waals surface area contributed by atoms with Gasteiger partial charge in [0.2, 0.25) is 47.3 Å². The molecule has 13 amide bonds. The van der Waals surface area contributed by atoms with E-state index in [2.05, 4.69) is 31.9 Å². The largest absolute Gasteiger partial charge is 0.456 e. The Hall–Kier alpha value is -10.2. The molecule has 0 aromatic heterocycles. The number of primary amides is 1. The lowest BCUT2D eigenvalue weighted by Gasteiger charge is -2.33. The Morgan fingerprint density at radius 1 is 0.766 bits per heavy atom. The number of cyclic esters (lactones) is 2. The summed E-state index contributed by atoms with van der Waals surface area (Å²) in [5, 5.41) is 16.2. The summed E-state index contributed by atoms with van der Waals surface area (Å²) < 4.78 is 23.8. The molecule has 31 heteroatoms. The fourth-order valence-corrected chi connectivity index (χ4v) is 12.5. The highest BCUT2D eigenvalue weighted by atomic mass is 16.6. The van der Waals surface area contributed by atoms with E-state index in [0.717, 1.165) is 4.90 Å². The number of Topliss-reactive ketones (excluding diaryl/α,β-unsaturated/α-hetero) is 1. The number of unbranched alkanes of at least 4 members (excludes halogenated alkanes) is 2. The maximum atomic E-state index is 14.4. The number of ketones is 1. The van der Waals surface area contributed by atoms with Gasteiger partial charge in [-0.1, -0.05) is 123 Å². The van der Waals surface area contributed by atoms with Gasteiger partial charge in [-0.2, -0.15) is 0 Å². The van der Waals surface area contributed by atoms with Gasteiger partial charge in [0.15, 0.2) is 11.9 Å². The molecule has 2 unspecified atom stereocenters. The number of urea groups is 1. The third kappa shape index (κ3) is 30.2. The van der Waals surface area contributed by atoms with Crippen molar-refractivity contribution in [1.29, 1.82) is 0 Å². The normalized spacial score (nSPS) is 22.5. The van der Waals surface area contributed by atoms with Crippen molar-refractivity contribution in [3.63, 3.8) is 0 Å². The molecule has 2 aliphatic heterocycles. The number of likely N-dealkylation sites (N-methyl/N-ethyl adjacent to an activating group) is 4. The van der Waals surface area contributed by atoms with Crippen LogP contribution in [0.2, 0.25) is 0 Å². The number of carbonyl (C=O) groups is 15. The summed E-state index contributed by atoms with van der Waals surface area (Å²) in [5.41, 5.74) is 7.36. The summed E-state index contributed by atoms with van der Waals surface area (Å²) in [6.07, 6.45) is 0.165. The number of esters is 2. The van der Waals surface area contributed by atoms with Crippen molar-refractivity contribution in [1.82, 2.24) is 51.1 Å². The molecule has 1 saturated heterocycles. The molecule has 1 fully saturated rings. The van der Waals surface area contributed by atoms with Crippen molar-refractivity contribution in [2.24, 2.45) is 41.2 Å². The summed E-state index contributed by atoms with van der Waals surface area (Å²) in [5.74, 6) is -10.1. The van der Waals surface area contributed by atoms with Crippen LogP contribution in [0.5, 0.6) is 0 Å². The Morgan fingerprint density at radius 2 is 1.41 bits per heavy atom. The lowest BCUT2D eigenvalue weighted by molar-refractivity contribution is -0.155. The maximum Gasteiger partial charge on any atom is 0.409 e. The minimum atomic E-state index is -1.41. The molecule has 0 spiro atoms. The topological polar surface area (TPSA) is 407 Å². The number of hydrogen-bond donors (Lipinski definition) is 7. The molecule has 0 aliphatic carbocycles. The summed E-state index contributed by atoms with van der Waals surface area (Å²) in [7, 11) is 5.67. The number of carbonyl (C=O) groups excluding carboxylic acids is 15. The highest BCUT2D eigenvalue weighted by molar-refractivity contribution is 6.03. The predicted molar refractivity (Wildman–Crippen MR) is 414 cm³/mol. The van der Waals surface area contributed by atoms with Gasteiger partial charge in [0.05, 0.1) is 12.6 Å². The van der Waals surface area contributed by atoms with E-state index in [9.17, 15) is 71.9 Å². The summed E-state index contributed by atoms with van der Waals surface area (Å²) in [4.78, 5) is 210. The monoisotopic (exact) mass is 1550 g/mol. The molecule has 4 rings (SSSR count). The molecule has 8 N–H and O–H groups in total. The smallest absolute Gasteiger partial charge is 0.409 e. The van der Waals surface area contributed by atoms with Gasteiger partial charge in [0.25, 0.3) is 5.91 Å². The number of imide groups is 1. The molecule has 0 radical (unpaired) electrons. The third-order valence-corrected chi connectivity index (χ3v) is 20.0. The first-order chi connectivity index (χ1) is 52.3. The van der Waals surface area contributed by atoms with Crippen molar-refractivity contribution >= 4 is 94.8 Å². The minimum absolute atomic E-state index is 0.00155. The van der Waals surface area contributed by atoms with Gasteiger partial charge in [-0.15, -0.1) is 0 Å². The van der Waals surface area contributed by atoms with Crippen LogP contribution in [-0.2, 0) is 89.5 Å². The van der Waals surface area contributed by atoms with Crippen LogP contribution in [0, 0.1) is 35.5 Å². The lowest BCUT2D eigenvalue weighted by atomic mass is 9.89. The number of benzene rings is 2. The van der Waals surface area contributed by atoms with E-state index in [-0.39, 0.29) is 125 Å². The molecule has 2 aromatic carbocycles. The van der Waals surface area contributed by atoms with Crippen molar-refractivity contribution in [3.05, 3.63) is 89.0 Å². The van der Waals surface area contributed by atoms with Crippen LogP contribution in [-0.4, -0.2) is 223 Å². The Labute approximate surface area is 652 Å². The number of nitrogens with one attached hydrogen (secondary N) is 6. The molecule has 0 saturated carbocycles. The number of amides is 13. The van der Waals surface area contributed by atoms with Crippen molar-refractivity contribution in [2.75, 3.05) is 66.2 Å². The Morgan fingerprint density at radius 3 is 2.00 bits per heavy atom. The third-order valence-electron chi connectivity index (χ3n) is 20.0. The van der Waals surface area contributed by atoms with Gasteiger partial charge in [0, 0.05) is 115 Å². The Balaban J connectivity index is 1.51. The minimum Gasteiger partial charge on any atom is -0.456 e. The number of hydrogen-bond acceptors (Lipinski definition) is 19. The van der Waals surface area contributed by atoms with Crippen LogP contribution in [0.15, 0.2) is 77.9 Å². The molecule has 614 valence electrons. The number of nitrogens with two attached hydrogens (primary N) is 1. The number of likely N-dealkylation sites (tertiary alicyclic amines) is 1. The Bertz CT molecular complexity index is 3620. The number of nitrogens with zero attached hydrogens (tertiary/aromatic N) is 5. The van der Waals surface area contributed by atoms with Gasteiger partial charge in [0.1, 0.15) is 43.0 Å². The average Bonchev–Trinajstić information content (AvgIpc) is 1.83. The quantitative estimate of drug-likeness (QED) is 0.0142. The average molecular weight is 1550 g/mol. The first kappa shape index (κ1) is 93.2. The lowest BCUT2D eigenvalue weighted by Crippen LogP contribution is -2.57. The van der Waals surface area contributed by atoms with E-state index in [4.69, 9.17) is 24.7 Å². The van der Waals surface area contributed by atoms with E-state index in [0.29, 0.717) is 54.5 Å². The van der Waals surface area contributed by atoms with Crippen LogP contribution in [0.1, 0.15) is 172 Å². The van der Waals surface area contributed by atoms with Gasteiger partial charge in [-0.3, -0.25) is 52.8 Å². The molecule has 2 heterocycles. The summed E-state index contributed by atoms with van der Waals surface area (Å²) in [6, 6.07) is 8.67. The number of anilines is 1. The zero-order chi connectivity index (χ0) is 83.1. The first-order valence-electron chi connectivity index (χ1n) is 38.3. The second-order valence-electron chi connectivity index (χ2n) is 30.0. The van der Waals surface area contributed by atoms with Crippen LogP contribution in [0.3, 0.4) is 0 Å². The predicted octanol–water partition coefficient (Wildman–Crippen LogP) is 6.64. The van der Waals surface area contributed by atoms with Crippen LogP contribution in [0.25, 0.3) is 0 Å².